The number of hydrogen-bond acceptors (Lipinski definition) is 5. The molecule has 0 saturated heterocycles. The number of aliphatic hydroxyl groups is 2. The van der Waals surface area contributed by atoms with E-state index in [0.717, 1.165) is 5.69 Å². The summed E-state index contributed by atoms with van der Waals surface area (Å²) in [4.78, 5) is 13.3. The molecule has 1 heterocycles. The standard InChI is InChI=1S/C12H20N2O4/c1-13(4-6-16)8-10-7-11(17)12(18)9-14(10)3-2-5-15/h7,9,15-16,18H,2-6,8H2,1H3. The summed E-state index contributed by atoms with van der Waals surface area (Å²) in [5.41, 5.74) is 0.338. The van der Waals surface area contributed by atoms with Crippen molar-refractivity contribution in [1.29, 1.82) is 0 Å². The minimum atomic E-state index is -0.414. The van der Waals surface area contributed by atoms with Gasteiger partial charge in [0.1, 0.15) is 0 Å². The molecule has 0 amide bonds. The molecule has 18 heavy (non-hydrogen) atoms. The van der Waals surface area contributed by atoms with Gasteiger partial charge in [0.05, 0.1) is 12.8 Å². The van der Waals surface area contributed by atoms with Crippen molar-refractivity contribution in [3.05, 3.63) is 28.2 Å². The van der Waals surface area contributed by atoms with Gasteiger partial charge < -0.3 is 19.9 Å². The Bertz CT molecular complexity index is 431. The van der Waals surface area contributed by atoms with Gasteiger partial charge in [-0.1, -0.05) is 0 Å². The van der Waals surface area contributed by atoms with Gasteiger partial charge in [0, 0.05) is 38.0 Å². The molecule has 0 aromatic carbocycles. The molecule has 0 atom stereocenters. The van der Waals surface area contributed by atoms with Gasteiger partial charge in [-0.3, -0.25) is 9.69 Å². The Labute approximate surface area is 106 Å². The smallest absolute Gasteiger partial charge is 0.223 e. The fourth-order valence-electron chi connectivity index (χ4n) is 1.71. The van der Waals surface area contributed by atoms with Gasteiger partial charge in [0.25, 0.3) is 0 Å². The quantitative estimate of drug-likeness (QED) is 0.604. The minimum absolute atomic E-state index is 0.0510. The topological polar surface area (TPSA) is 85.9 Å². The van der Waals surface area contributed by atoms with E-state index in [-0.39, 0.29) is 19.0 Å². The van der Waals surface area contributed by atoms with Crippen LogP contribution in [0.15, 0.2) is 17.1 Å². The second-order valence-corrected chi connectivity index (χ2v) is 4.25. The molecule has 1 rings (SSSR count). The summed E-state index contributed by atoms with van der Waals surface area (Å²) < 4.78 is 1.75. The number of aryl methyl sites for hydroxylation is 1. The van der Waals surface area contributed by atoms with Crippen LogP contribution in [0.5, 0.6) is 5.75 Å². The van der Waals surface area contributed by atoms with E-state index < -0.39 is 5.43 Å². The predicted molar refractivity (Wildman–Crippen MR) is 67.5 cm³/mol. The molecule has 6 nitrogen and oxygen atoms in total. The van der Waals surface area contributed by atoms with Crippen LogP contribution in [0.3, 0.4) is 0 Å². The maximum Gasteiger partial charge on any atom is 0.223 e. The van der Waals surface area contributed by atoms with E-state index in [1.807, 2.05) is 11.9 Å². The summed E-state index contributed by atoms with van der Waals surface area (Å²) >= 11 is 0. The van der Waals surface area contributed by atoms with Crippen molar-refractivity contribution in [2.75, 3.05) is 26.8 Å². The predicted octanol–water partition coefficient (Wildman–Crippen LogP) is -0.640. The molecule has 3 N–H and O–H groups in total. The summed E-state index contributed by atoms with van der Waals surface area (Å²) in [7, 11) is 1.84. The van der Waals surface area contributed by atoms with E-state index in [0.29, 0.717) is 26.1 Å². The number of aliphatic hydroxyl groups excluding tert-OH is 2. The molecule has 0 fully saturated rings. The van der Waals surface area contributed by atoms with Crippen molar-refractivity contribution in [2.45, 2.75) is 19.5 Å². The fourth-order valence-corrected chi connectivity index (χ4v) is 1.71. The molecule has 0 saturated carbocycles. The van der Waals surface area contributed by atoms with Crippen LogP contribution in [0.25, 0.3) is 0 Å². The molecule has 1 aromatic heterocycles. The highest BCUT2D eigenvalue weighted by Crippen LogP contribution is 2.08. The van der Waals surface area contributed by atoms with Gasteiger partial charge in [0.15, 0.2) is 5.75 Å². The first-order valence-corrected chi connectivity index (χ1v) is 5.91. The normalized spacial score (nSPS) is 11.1. The first-order chi connectivity index (χ1) is 8.58. The Kier molecular flexibility index (Phi) is 5.84. The maximum absolute atomic E-state index is 11.4. The van der Waals surface area contributed by atoms with Crippen LogP contribution in [0.1, 0.15) is 12.1 Å². The number of nitrogens with zero attached hydrogens (tertiary/aromatic N) is 2. The van der Waals surface area contributed by atoms with Crippen LogP contribution >= 0.6 is 0 Å². The molecule has 0 aliphatic heterocycles. The van der Waals surface area contributed by atoms with Gasteiger partial charge in [0.2, 0.25) is 5.43 Å². The fraction of sp³-hybridized carbons (Fsp3) is 0.583. The molecular weight excluding hydrogens is 236 g/mol. The molecule has 0 unspecified atom stereocenters. The van der Waals surface area contributed by atoms with Crippen molar-refractivity contribution < 1.29 is 15.3 Å². The molecule has 0 aliphatic rings. The SMILES string of the molecule is CN(CCO)Cc1cc(=O)c(O)cn1CCCO. The first-order valence-electron chi connectivity index (χ1n) is 5.91. The lowest BCUT2D eigenvalue weighted by atomic mass is 10.3. The minimum Gasteiger partial charge on any atom is -0.503 e. The lowest BCUT2D eigenvalue weighted by Crippen LogP contribution is -2.25. The summed E-state index contributed by atoms with van der Waals surface area (Å²) in [5, 5.41) is 27.1. The third-order valence-electron chi connectivity index (χ3n) is 2.67. The zero-order chi connectivity index (χ0) is 13.5. The van der Waals surface area contributed by atoms with E-state index >= 15 is 0 Å². The van der Waals surface area contributed by atoms with Crippen LogP contribution in [-0.4, -0.2) is 51.6 Å². The molecule has 6 heteroatoms. The van der Waals surface area contributed by atoms with Crippen molar-refractivity contribution >= 4 is 0 Å². The monoisotopic (exact) mass is 256 g/mol. The van der Waals surface area contributed by atoms with Gasteiger partial charge >= 0.3 is 0 Å². The highest BCUT2D eigenvalue weighted by Gasteiger charge is 2.08. The maximum atomic E-state index is 11.4. The lowest BCUT2D eigenvalue weighted by molar-refractivity contribution is 0.213. The average molecular weight is 256 g/mol. The molecule has 0 radical (unpaired) electrons. The van der Waals surface area contributed by atoms with Crippen LogP contribution in [0, 0.1) is 0 Å². The Balaban J connectivity index is 2.92. The summed E-state index contributed by atoms with van der Waals surface area (Å²) in [6.45, 7) is 1.65. The van der Waals surface area contributed by atoms with Crippen molar-refractivity contribution in [3.8, 4) is 5.75 Å². The molecule has 1 aromatic rings. The Hall–Kier alpha value is -1.37. The molecule has 102 valence electrons. The Morgan fingerprint density at radius 1 is 1.33 bits per heavy atom. The van der Waals surface area contributed by atoms with Crippen LogP contribution < -0.4 is 5.43 Å². The lowest BCUT2D eigenvalue weighted by Gasteiger charge is -2.19. The van der Waals surface area contributed by atoms with Crippen molar-refractivity contribution in [2.24, 2.45) is 0 Å². The zero-order valence-corrected chi connectivity index (χ0v) is 10.5. The third kappa shape index (κ3) is 4.14. The second kappa shape index (κ2) is 7.15. The number of aromatic hydroxyl groups is 1. The number of aromatic nitrogens is 1. The Morgan fingerprint density at radius 2 is 2.06 bits per heavy atom. The van der Waals surface area contributed by atoms with E-state index in [9.17, 15) is 9.90 Å². The largest absolute Gasteiger partial charge is 0.503 e. The van der Waals surface area contributed by atoms with Crippen molar-refractivity contribution in [1.82, 2.24) is 9.47 Å². The van der Waals surface area contributed by atoms with Crippen LogP contribution in [-0.2, 0) is 13.1 Å². The van der Waals surface area contributed by atoms with Gasteiger partial charge in [-0.25, -0.2) is 0 Å². The summed E-state index contributed by atoms with van der Waals surface area (Å²) in [5.74, 6) is -0.290. The van der Waals surface area contributed by atoms with Crippen LogP contribution in [0.2, 0.25) is 0 Å². The molecule has 0 aliphatic carbocycles. The Morgan fingerprint density at radius 3 is 2.67 bits per heavy atom. The summed E-state index contributed by atoms with van der Waals surface area (Å²) in [6, 6.07) is 1.39. The summed E-state index contributed by atoms with van der Waals surface area (Å²) in [6.07, 6.45) is 1.94. The highest BCUT2D eigenvalue weighted by atomic mass is 16.3. The van der Waals surface area contributed by atoms with E-state index in [4.69, 9.17) is 10.2 Å². The average Bonchev–Trinajstić information content (AvgIpc) is 2.32. The van der Waals surface area contributed by atoms with E-state index in [1.165, 1.54) is 12.3 Å². The van der Waals surface area contributed by atoms with E-state index in [2.05, 4.69) is 0 Å². The van der Waals surface area contributed by atoms with Gasteiger partial charge in [-0.05, 0) is 13.5 Å². The molecule has 0 spiro atoms. The molecule has 0 bridgehead atoms. The first kappa shape index (κ1) is 14.7. The second-order valence-electron chi connectivity index (χ2n) is 4.25. The number of likely N-dealkylation sites (N-methyl/N-ethyl adjacent to an activating group) is 1. The zero-order valence-electron chi connectivity index (χ0n) is 10.5. The number of rotatable bonds is 7. The number of hydrogen-bond donors (Lipinski definition) is 3. The third-order valence-corrected chi connectivity index (χ3v) is 2.67. The highest BCUT2D eigenvalue weighted by molar-refractivity contribution is 5.20. The number of pyridine rings is 1. The van der Waals surface area contributed by atoms with Gasteiger partial charge in [-0.15, -0.1) is 0 Å². The van der Waals surface area contributed by atoms with Crippen LogP contribution in [0.4, 0.5) is 0 Å². The van der Waals surface area contributed by atoms with Gasteiger partial charge in [-0.2, -0.15) is 0 Å². The van der Waals surface area contributed by atoms with E-state index in [1.54, 1.807) is 4.57 Å². The van der Waals surface area contributed by atoms with Crippen molar-refractivity contribution in [3.63, 3.8) is 0 Å². The molecular formula is C12H20N2O4.